The predicted molar refractivity (Wildman–Crippen MR) is 104 cm³/mol. The molecule has 3 aromatic rings. The molecule has 0 unspecified atom stereocenters. The van der Waals surface area contributed by atoms with Crippen molar-refractivity contribution in [3.05, 3.63) is 83.7 Å². The summed E-state index contributed by atoms with van der Waals surface area (Å²) < 4.78 is 46.0. The second-order valence-corrected chi connectivity index (χ2v) is 7.97. The quantitative estimate of drug-likeness (QED) is 0.692. The standard InChI is InChI=1S/C20H15FN2O4S/c21-14-7-5-13(6-8-14)12-28(25,26)23-15-9-10-18-16(11-15)20(24)22-17-3-1-2-4-19(17)27-18/h1-11,23H,12H2,(H,22,24). The number of nitrogens with one attached hydrogen (secondary N) is 2. The zero-order chi connectivity index (χ0) is 19.7. The lowest BCUT2D eigenvalue weighted by molar-refractivity contribution is 0.102. The smallest absolute Gasteiger partial charge is 0.259 e. The number of halogens is 1. The molecule has 0 radical (unpaired) electrons. The Balaban J connectivity index is 1.58. The molecule has 142 valence electrons. The second kappa shape index (κ2) is 6.97. The van der Waals surface area contributed by atoms with Crippen LogP contribution in [0.2, 0.25) is 0 Å². The van der Waals surface area contributed by atoms with Crippen molar-refractivity contribution in [3.8, 4) is 11.5 Å². The van der Waals surface area contributed by atoms with E-state index < -0.39 is 21.7 Å². The van der Waals surface area contributed by atoms with Crippen molar-refractivity contribution in [1.29, 1.82) is 0 Å². The molecule has 0 fully saturated rings. The summed E-state index contributed by atoms with van der Waals surface area (Å²) in [5.41, 5.74) is 1.41. The van der Waals surface area contributed by atoms with Crippen LogP contribution in [0, 0.1) is 5.82 Å². The molecule has 0 aliphatic carbocycles. The van der Waals surface area contributed by atoms with E-state index in [-0.39, 0.29) is 17.0 Å². The SMILES string of the molecule is O=C1Nc2ccccc2Oc2ccc(NS(=O)(=O)Cc3ccc(F)cc3)cc21. The summed E-state index contributed by atoms with van der Waals surface area (Å²) in [6, 6.07) is 16.7. The third-order valence-corrected chi connectivity index (χ3v) is 5.38. The first-order valence-electron chi connectivity index (χ1n) is 8.37. The number of ether oxygens (including phenoxy) is 1. The van der Waals surface area contributed by atoms with E-state index >= 15 is 0 Å². The van der Waals surface area contributed by atoms with Gasteiger partial charge >= 0.3 is 0 Å². The maximum Gasteiger partial charge on any atom is 0.259 e. The van der Waals surface area contributed by atoms with Gasteiger partial charge in [0, 0.05) is 5.69 Å². The van der Waals surface area contributed by atoms with Crippen molar-refractivity contribution in [3.63, 3.8) is 0 Å². The number of sulfonamides is 1. The minimum atomic E-state index is -3.75. The van der Waals surface area contributed by atoms with E-state index in [4.69, 9.17) is 4.74 Å². The number of fused-ring (bicyclic) bond motifs is 2. The number of anilines is 2. The monoisotopic (exact) mass is 398 g/mol. The molecule has 6 nitrogen and oxygen atoms in total. The summed E-state index contributed by atoms with van der Waals surface area (Å²) in [6.07, 6.45) is 0. The lowest BCUT2D eigenvalue weighted by Gasteiger charge is -2.11. The fourth-order valence-corrected chi connectivity index (χ4v) is 4.03. The molecule has 0 saturated carbocycles. The van der Waals surface area contributed by atoms with Crippen LogP contribution in [-0.4, -0.2) is 14.3 Å². The van der Waals surface area contributed by atoms with Crippen molar-refractivity contribution in [1.82, 2.24) is 0 Å². The van der Waals surface area contributed by atoms with Gasteiger partial charge in [-0.15, -0.1) is 0 Å². The minimum absolute atomic E-state index is 0.207. The Morgan fingerprint density at radius 3 is 2.50 bits per heavy atom. The van der Waals surface area contributed by atoms with E-state index in [1.165, 1.54) is 42.5 Å². The van der Waals surface area contributed by atoms with Gasteiger partial charge in [0.05, 0.1) is 17.0 Å². The maximum absolute atomic E-state index is 13.0. The Hall–Kier alpha value is -3.39. The largest absolute Gasteiger partial charge is 0.454 e. The van der Waals surface area contributed by atoms with E-state index in [0.717, 1.165) is 0 Å². The molecule has 0 spiro atoms. The number of para-hydroxylation sites is 2. The van der Waals surface area contributed by atoms with Gasteiger partial charge in [0.15, 0.2) is 5.75 Å². The second-order valence-electron chi connectivity index (χ2n) is 6.25. The van der Waals surface area contributed by atoms with Crippen LogP contribution in [0.5, 0.6) is 11.5 Å². The third kappa shape index (κ3) is 3.81. The van der Waals surface area contributed by atoms with Gasteiger partial charge in [-0.05, 0) is 48.0 Å². The molecule has 8 heteroatoms. The van der Waals surface area contributed by atoms with E-state index in [9.17, 15) is 17.6 Å². The zero-order valence-electron chi connectivity index (χ0n) is 14.5. The Kier molecular flexibility index (Phi) is 4.48. The normalized spacial score (nSPS) is 12.8. The number of rotatable bonds is 4. The Bertz CT molecular complexity index is 1160. The average Bonchev–Trinajstić information content (AvgIpc) is 2.79. The van der Waals surface area contributed by atoms with Crippen LogP contribution < -0.4 is 14.8 Å². The summed E-state index contributed by atoms with van der Waals surface area (Å²) in [6.45, 7) is 0. The summed E-state index contributed by atoms with van der Waals surface area (Å²) in [4.78, 5) is 12.5. The lowest BCUT2D eigenvalue weighted by Crippen LogP contribution is -2.16. The Morgan fingerprint density at radius 2 is 1.71 bits per heavy atom. The number of benzene rings is 3. The van der Waals surface area contributed by atoms with Crippen LogP contribution in [0.3, 0.4) is 0 Å². The van der Waals surface area contributed by atoms with Gasteiger partial charge < -0.3 is 10.1 Å². The molecule has 1 aliphatic rings. The molecule has 0 bridgehead atoms. The highest BCUT2D eigenvalue weighted by atomic mass is 32.2. The van der Waals surface area contributed by atoms with Crippen molar-refractivity contribution in [2.45, 2.75) is 5.75 Å². The Labute approximate surface area is 161 Å². The van der Waals surface area contributed by atoms with Gasteiger partial charge in [0.2, 0.25) is 10.0 Å². The minimum Gasteiger partial charge on any atom is -0.454 e. The number of carbonyl (C=O) groups excluding carboxylic acids is 1. The molecule has 2 N–H and O–H groups in total. The average molecular weight is 398 g/mol. The van der Waals surface area contributed by atoms with Crippen LogP contribution in [0.1, 0.15) is 15.9 Å². The maximum atomic E-state index is 13.0. The molecule has 0 atom stereocenters. The lowest BCUT2D eigenvalue weighted by atomic mass is 10.1. The predicted octanol–water partition coefficient (Wildman–Crippen LogP) is 4.13. The van der Waals surface area contributed by atoms with Gasteiger partial charge in [-0.1, -0.05) is 24.3 Å². The molecule has 4 rings (SSSR count). The molecule has 28 heavy (non-hydrogen) atoms. The van der Waals surface area contributed by atoms with Crippen LogP contribution in [-0.2, 0) is 15.8 Å². The number of hydrogen-bond donors (Lipinski definition) is 2. The molecule has 1 amide bonds. The van der Waals surface area contributed by atoms with Gasteiger partial charge in [-0.25, -0.2) is 12.8 Å². The van der Waals surface area contributed by atoms with Gasteiger partial charge in [-0.2, -0.15) is 0 Å². The fraction of sp³-hybridized carbons (Fsp3) is 0.0500. The molecule has 1 aliphatic heterocycles. The third-order valence-electron chi connectivity index (χ3n) is 4.12. The van der Waals surface area contributed by atoms with Crippen LogP contribution in [0.4, 0.5) is 15.8 Å². The van der Waals surface area contributed by atoms with E-state index in [0.29, 0.717) is 22.7 Å². The summed E-state index contributed by atoms with van der Waals surface area (Å²) in [5.74, 6) is -0.340. The van der Waals surface area contributed by atoms with Crippen molar-refractivity contribution in [2.75, 3.05) is 10.0 Å². The highest BCUT2D eigenvalue weighted by molar-refractivity contribution is 7.91. The molecule has 3 aromatic carbocycles. The highest BCUT2D eigenvalue weighted by Gasteiger charge is 2.22. The number of amides is 1. The van der Waals surface area contributed by atoms with Crippen molar-refractivity contribution < 1.29 is 22.3 Å². The fourth-order valence-electron chi connectivity index (χ4n) is 2.84. The van der Waals surface area contributed by atoms with Gasteiger partial charge in [0.1, 0.15) is 11.6 Å². The van der Waals surface area contributed by atoms with Gasteiger partial charge in [0.25, 0.3) is 5.91 Å². The zero-order valence-corrected chi connectivity index (χ0v) is 15.3. The Morgan fingerprint density at radius 1 is 0.964 bits per heavy atom. The van der Waals surface area contributed by atoms with Crippen LogP contribution in [0.15, 0.2) is 66.7 Å². The molecule has 1 heterocycles. The number of carbonyl (C=O) groups is 1. The molecule has 0 saturated heterocycles. The van der Waals surface area contributed by atoms with E-state index in [1.807, 2.05) is 0 Å². The number of hydrogen-bond acceptors (Lipinski definition) is 4. The van der Waals surface area contributed by atoms with Crippen LogP contribution in [0.25, 0.3) is 0 Å². The summed E-state index contributed by atoms with van der Waals surface area (Å²) in [5, 5.41) is 2.74. The summed E-state index contributed by atoms with van der Waals surface area (Å²) in [7, 11) is -3.75. The first kappa shape index (κ1) is 18.0. The van der Waals surface area contributed by atoms with Crippen molar-refractivity contribution >= 4 is 27.3 Å². The first-order valence-corrected chi connectivity index (χ1v) is 10.0. The molecular weight excluding hydrogens is 383 g/mol. The van der Waals surface area contributed by atoms with Crippen LogP contribution >= 0.6 is 0 Å². The summed E-state index contributed by atoms with van der Waals surface area (Å²) >= 11 is 0. The first-order chi connectivity index (χ1) is 13.4. The van der Waals surface area contributed by atoms with Gasteiger partial charge in [-0.3, -0.25) is 9.52 Å². The van der Waals surface area contributed by atoms with E-state index in [2.05, 4.69) is 10.0 Å². The van der Waals surface area contributed by atoms with E-state index in [1.54, 1.807) is 24.3 Å². The highest BCUT2D eigenvalue weighted by Crippen LogP contribution is 2.36. The molecule has 0 aromatic heterocycles. The topological polar surface area (TPSA) is 84.5 Å². The molecular formula is C20H15FN2O4S. The van der Waals surface area contributed by atoms with Crippen molar-refractivity contribution in [2.24, 2.45) is 0 Å².